The molecule has 0 bridgehead atoms. The van der Waals surface area contributed by atoms with Gasteiger partial charge >= 0.3 is 12.5 Å². The van der Waals surface area contributed by atoms with Crippen LogP contribution in [0.2, 0.25) is 0 Å². The monoisotopic (exact) mass is 819 g/mol. The number of carbonyl (C=O) groups is 4. The molecule has 2 aliphatic carbocycles. The summed E-state index contributed by atoms with van der Waals surface area (Å²) in [6.45, 7) is 6.42. The smallest absolute Gasteiger partial charge is 0.483 e. The van der Waals surface area contributed by atoms with Crippen LogP contribution < -0.4 is 19.5 Å². The fraction of sp³-hybridized carbons (Fsp3) is 0.615. The van der Waals surface area contributed by atoms with Crippen molar-refractivity contribution in [1.82, 2.24) is 24.8 Å². The Labute approximate surface area is 328 Å². The minimum atomic E-state index is -4.91. The maximum Gasteiger partial charge on any atom is 0.573 e. The fourth-order valence-electron chi connectivity index (χ4n) is 8.69. The van der Waals surface area contributed by atoms with Crippen molar-refractivity contribution in [2.24, 2.45) is 5.92 Å². The molecular weight excluding hydrogens is 772 g/mol. The molecule has 2 aromatic rings. The first-order chi connectivity index (χ1) is 26.7. The number of amides is 4. The van der Waals surface area contributed by atoms with Crippen LogP contribution in [0.5, 0.6) is 11.5 Å². The summed E-state index contributed by atoms with van der Waals surface area (Å²) >= 11 is 0. The quantitative estimate of drug-likeness (QED) is 0.325. The van der Waals surface area contributed by atoms with Gasteiger partial charge in [-0.05, 0) is 97.3 Å². The molecular formula is C39H48F3N5O9S. The van der Waals surface area contributed by atoms with Gasteiger partial charge in [0.2, 0.25) is 21.8 Å². The Kier molecular flexibility index (Phi) is 10.2. The van der Waals surface area contributed by atoms with Crippen LogP contribution in [0.3, 0.4) is 0 Å². The molecule has 1 saturated heterocycles. The zero-order chi connectivity index (χ0) is 41.3. The predicted octanol–water partition coefficient (Wildman–Crippen LogP) is 5.26. The Bertz CT molecular complexity index is 2140. The summed E-state index contributed by atoms with van der Waals surface area (Å²) in [6, 6.07) is 0.841. The van der Waals surface area contributed by atoms with Gasteiger partial charge in [0.15, 0.2) is 0 Å². The van der Waals surface area contributed by atoms with Crippen LogP contribution in [0.25, 0.3) is 10.9 Å². The van der Waals surface area contributed by atoms with E-state index in [1.54, 1.807) is 27.7 Å². The van der Waals surface area contributed by atoms with E-state index in [1.165, 1.54) is 23.1 Å². The molecule has 3 fully saturated rings. The van der Waals surface area contributed by atoms with Gasteiger partial charge in [-0.2, -0.15) is 0 Å². The van der Waals surface area contributed by atoms with Crippen LogP contribution in [0.1, 0.15) is 96.2 Å². The lowest BCUT2D eigenvalue weighted by molar-refractivity contribution is -0.274. The number of hydrogen-bond donors (Lipinski definition) is 3. The molecule has 3 aliphatic heterocycles. The molecule has 0 unspecified atom stereocenters. The highest BCUT2D eigenvalue weighted by molar-refractivity contribution is 7.91. The van der Waals surface area contributed by atoms with E-state index >= 15 is 0 Å². The largest absolute Gasteiger partial charge is 0.573 e. The Balaban J connectivity index is 1.26. The van der Waals surface area contributed by atoms with Crippen molar-refractivity contribution in [3.05, 3.63) is 41.6 Å². The van der Waals surface area contributed by atoms with E-state index < -0.39 is 85.9 Å². The number of aromatic nitrogens is 1. The number of nitrogens with zero attached hydrogens (tertiary/aromatic N) is 3. The van der Waals surface area contributed by atoms with Crippen LogP contribution in [-0.2, 0) is 30.8 Å². The molecule has 4 amide bonds. The second-order valence-corrected chi connectivity index (χ2v) is 18.9. The third kappa shape index (κ3) is 7.72. The van der Waals surface area contributed by atoms with Crippen molar-refractivity contribution in [1.29, 1.82) is 0 Å². The van der Waals surface area contributed by atoms with Gasteiger partial charge in [-0.3, -0.25) is 24.0 Å². The second kappa shape index (κ2) is 14.3. The number of carbonyl (C=O) groups excluding carboxylic acids is 3. The number of carboxylic acid groups (broad SMARTS) is 1. The van der Waals surface area contributed by atoms with E-state index in [9.17, 15) is 45.9 Å². The van der Waals surface area contributed by atoms with Crippen LogP contribution in [0.4, 0.5) is 18.0 Å². The van der Waals surface area contributed by atoms with Gasteiger partial charge in [0.05, 0.1) is 22.5 Å². The average molecular weight is 820 g/mol. The van der Waals surface area contributed by atoms with Gasteiger partial charge in [-0.15, -0.1) is 13.2 Å². The number of nitrogens with one attached hydrogen (secondary N) is 2. The third-order valence-corrected chi connectivity index (χ3v) is 14.4. The Morgan fingerprint density at radius 2 is 1.88 bits per heavy atom. The number of alkyl halides is 3. The van der Waals surface area contributed by atoms with Crippen molar-refractivity contribution in [3.8, 4) is 11.5 Å². The van der Waals surface area contributed by atoms with Gasteiger partial charge < -0.3 is 24.8 Å². The highest BCUT2D eigenvalue weighted by Crippen LogP contribution is 2.49. The number of benzene rings is 1. The van der Waals surface area contributed by atoms with Gasteiger partial charge in [0.1, 0.15) is 34.7 Å². The molecule has 7 rings (SSSR count). The van der Waals surface area contributed by atoms with E-state index in [0.29, 0.717) is 66.4 Å². The summed E-state index contributed by atoms with van der Waals surface area (Å²) in [5.74, 6) is -2.85. The van der Waals surface area contributed by atoms with Crippen molar-refractivity contribution in [2.75, 3.05) is 6.54 Å². The molecule has 14 nitrogen and oxygen atoms in total. The first kappa shape index (κ1) is 40.6. The molecule has 310 valence electrons. The summed E-state index contributed by atoms with van der Waals surface area (Å²) in [4.78, 5) is 63.1. The molecule has 5 atom stereocenters. The average Bonchev–Trinajstić information content (AvgIpc) is 4.01. The lowest BCUT2D eigenvalue weighted by Gasteiger charge is -2.38. The molecule has 18 heteroatoms. The van der Waals surface area contributed by atoms with Crippen molar-refractivity contribution < 1.29 is 55.3 Å². The standard InChI is InChI=1S/C39H48F3N5O9S/c1-22(2)47(35(51)52)29-11-9-7-5-6-8-10-24-19-38(24,34(50)45-57(53,54)36(4)16-17-36)44-32(48)30-20-37(21-46(30)33(29)49)15-14-26-27-18-25(55-39(40,41)42)12-13-28(27)43-23(3)31(26)56-37/h8,10,12-13,18,22,24,29-30H,5-7,9,11,14-17,19-21H2,1-4H3,(H,44,48)(H,45,50)(H,51,52)/b10-8-/t24-,29+,30+,37-,38-/m1/s1. The molecule has 57 heavy (non-hydrogen) atoms. The maximum atomic E-state index is 14.8. The number of rotatable bonds is 6. The highest BCUT2D eigenvalue weighted by Gasteiger charge is 2.64. The SMILES string of the molecule is Cc1nc2ccc(OC(F)(F)F)cc2c2c1O[C@]1(CC2)C[C@H]2C(=O)N[C@]3(C(=O)NS(=O)(=O)C4(C)CC4)C[C@H]3/C=C\CCCCC[C@H](N(C(=O)O)C(C)C)C(=O)N2C1. The second-order valence-electron chi connectivity index (χ2n) is 16.7. The van der Waals surface area contributed by atoms with Crippen molar-refractivity contribution >= 4 is 44.7 Å². The summed E-state index contributed by atoms with van der Waals surface area (Å²) < 4.78 is 77.8. The molecule has 1 spiro atoms. The fourth-order valence-corrected chi connectivity index (χ4v) is 10.00. The first-order valence-corrected chi connectivity index (χ1v) is 20.9. The van der Waals surface area contributed by atoms with Crippen LogP contribution in [-0.4, -0.2) is 99.0 Å². The van der Waals surface area contributed by atoms with Crippen LogP contribution >= 0.6 is 0 Å². The number of allylic oxidation sites excluding steroid dienone is 1. The topological polar surface area (TPSA) is 185 Å². The summed E-state index contributed by atoms with van der Waals surface area (Å²) in [5, 5.41) is 13.6. The molecule has 2 saturated carbocycles. The van der Waals surface area contributed by atoms with Crippen molar-refractivity contribution in [3.63, 3.8) is 0 Å². The van der Waals surface area contributed by atoms with E-state index in [-0.39, 0.29) is 38.6 Å². The van der Waals surface area contributed by atoms with Gasteiger partial charge in [-0.1, -0.05) is 25.0 Å². The number of hydrogen-bond acceptors (Lipinski definition) is 9. The Morgan fingerprint density at radius 1 is 1.14 bits per heavy atom. The highest BCUT2D eigenvalue weighted by atomic mass is 32.2. The molecule has 1 aromatic carbocycles. The number of fused-ring (bicyclic) bond motifs is 5. The van der Waals surface area contributed by atoms with Crippen molar-refractivity contribution in [2.45, 2.75) is 139 Å². The van der Waals surface area contributed by atoms with Gasteiger partial charge in [0, 0.05) is 29.3 Å². The zero-order valence-corrected chi connectivity index (χ0v) is 33.1. The summed E-state index contributed by atoms with van der Waals surface area (Å²) in [5.41, 5.74) is -1.39. The minimum absolute atomic E-state index is 0.0746. The Hall–Kier alpha value is -4.61. The molecule has 3 N–H and O–H groups in total. The molecule has 5 aliphatic rings. The van der Waals surface area contributed by atoms with E-state index in [4.69, 9.17) is 4.74 Å². The Morgan fingerprint density at radius 3 is 2.54 bits per heavy atom. The number of halogens is 3. The summed E-state index contributed by atoms with van der Waals surface area (Å²) in [7, 11) is -4.06. The lowest BCUT2D eigenvalue weighted by Crippen LogP contribution is -2.59. The van der Waals surface area contributed by atoms with E-state index in [1.807, 2.05) is 12.2 Å². The third-order valence-electron chi connectivity index (χ3n) is 12.3. The number of pyridine rings is 1. The predicted molar refractivity (Wildman–Crippen MR) is 200 cm³/mol. The van der Waals surface area contributed by atoms with Crippen LogP contribution in [0, 0.1) is 12.8 Å². The number of ether oxygens (including phenoxy) is 2. The van der Waals surface area contributed by atoms with Gasteiger partial charge in [-0.25, -0.2) is 18.2 Å². The first-order valence-electron chi connectivity index (χ1n) is 19.4. The molecule has 4 heterocycles. The maximum absolute atomic E-state index is 14.8. The number of sulfonamides is 1. The zero-order valence-electron chi connectivity index (χ0n) is 32.3. The summed E-state index contributed by atoms with van der Waals surface area (Å²) in [6.07, 6.45) is 1.54. The molecule has 1 aromatic heterocycles. The molecule has 0 radical (unpaired) electrons. The van der Waals surface area contributed by atoms with Gasteiger partial charge in [0.25, 0.3) is 5.91 Å². The van der Waals surface area contributed by atoms with E-state index in [2.05, 4.69) is 19.8 Å². The normalized spacial score (nSPS) is 29.2. The number of aryl methyl sites for hydroxylation is 2. The van der Waals surface area contributed by atoms with E-state index in [0.717, 1.165) is 4.90 Å². The lowest BCUT2D eigenvalue weighted by atomic mass is 9.87. The van der Waals surface area contributed by atoms with Crippen LogP contribution in [0.15, 0.2) is 30.4 Å². The minimum Gasteiger partial charge on any atom is -0.483 e.